The van der Waals surface area contributed by atoms with Crippen LogP contribution in [-0.4, -0.2) is 17.8 Å². The minimum absolute atomic E-state index is 0.379. The Morgan fingerprint density at radius 1 is 1.54 bits per heavy atom. The number of carbonyl (C=O) groups is 1. The zero-order chi connectivity index (χ0) is 9.68. The quantitative estimate of drug-likeness (QED) is 0.512. The van der Waals surface area contributed by atoms with Gasteiger partial charge in [0, 0.05) is 0 Å². The van der Waals surface area contributed by atoms with Crippen LogP contribution in [0.15, 0.2) is 11.6 Å². The van der Waals surface area contributed by atoms with Gasteiger partial charge in [-0.1, -0.05) is 19.9 Å². The van der Waals surface area contributed by atoms with Crippen molar-refractivity contribution < 1.29 is 4.79 Å². The minimum Gasteiger partial charge on any atom is -0.298 e. The molecule has 0 radical (unpaired) electrons. The van der Waals surface area contributed by atoms with Gasteiger partial charge >= 0.3 is 0 Å². The molecule has 13 heavy (non-hydrogen) atoms. The lowest BCUT2D eigenvalue weighted by molar-refractivity contribution is -0.105. The molecule has 1 saturated heterocycles. The van der Waals surface area contributed by atoms with E-state index in [1.807, 2.05) is 11.8 Å². The number of hydrogen-bond acceptors (Lipinski definition) is 2. The lowest BCUT2D eigenvalue weighted by Crippen LogP contribution is -2.10. The second-order valence-corrected chi connectivity index (χ2v) is 5.07. The molecule has 0 amide bonds. The van der Waals surface area contributed by atoms with Gasteiger partial charge in [0.15, 0.2) is 0 Å². The Morgan fingerprint density at radius 3 is 2.77 bits per heavy atom. The highest BCUT2D eigenvalue weighted by molar-refractivity contribution is 7.99. The van der Waals surface area contributed by atoms with E-state index in [0.717, 1.165) is 11.9 Å². The highest BCUT2D eigenvalue weighted by atomic mass is 32.2. The minimum atomic E-state index is 0.379. The molecule has 0 bridgehead atoms. The lowest BCUT2D eigenvalue weighted by atomic mass is 9.97. The number of rotatable bonds is 3. The SMILES string of the molecule is CC(C)/C(C=O)=C\C1CCCSC1. The third-order valence-corrected chi connectivity index (χ3v) is 3.67. The van der Waals surface area contributed by atoms with Gasteiger partial charge in [0.25, 0.3) is 0 Å². The summed E-state index contributed by atoms with van der Waals surface area (Å²) >= 11 is 2.01. The second kappa shape index (κ2) is 5.48. The van der Waals surface area contributed by atoms with E-state index in [2.05, 4.69) is 19.9 Å². The van der Waals surface area contributed by atoms with Gasteiger partial charge in [-0.2, -0.15) is 11.8 Å². The average Bonchev–Trinajstić information content (AvgIpc) is 2.15. The summed E-state index contributed by atoms with van der Waals surface area (Å²) < 4.78 is 0. The topological polar surface area (TPSA) is 17.1 Å². The molecular formula is C11H18OS. The molecule has 0 aromatic carbocycles. The molecule has 1 fully saturated rings. The molecular weight excluding hydrogens is 180 g/mol. The van der Waals surface area contributed by atoms with E-state index in [1.165, 1.54) is 24.3 Å². The summed E-state index contributed by atoms with van der Waals surface area (Å²) in [4.78, 5) is 10.7. The normalized spacial score (nSPS) is 24.8. The van der Waals surface area contributed by atoms with E-state index in [-0.39, 0.29) is 0 Å². The number of hydrogen-bond donors (Lipinski definition) is 0. The zero-order valence-corrected chi connectivity index (χ0v) is 9.27. The highest BCUT2D eigenvalue weighted by Crippen LogP contribution is 2.25. The van der Waals surface area contributed by atoms with Gasteiger partial charge in [-0.05, 0) is 41.8 Å². The maximum absolute atomic E-state index is 10.7. The van der Waals surface area contributed by atoms with Gasteiger partial charge < -0.3 is 0 Å². The fraction of sp³-hybridized carbons (Fsp3) is 0.727. The van der Waals surface area contributed by atoms with Crippen molar-refractivity contribution in [2.75, 3.05) is 11.5 Å². The van der Waals surface area contributed by atoms with Crippen molar-refractivity contribution in [3.8, 4) is 0 Å². The molecule has 1 aliphatic rings. The van der Waals surface area contributed by atoms with E-state index in [4.69, 9.17) is 0 Å². The number of allylic oxidation sites excluding steroid dienone is 2. The van der Waals surface area contributed by atoms with Crippen LogP contribution in [0.4, 0.5) is 0 Å². The first-order valence-electron chi connectivity index (χ1n) is 4.98. The molecule has 74 valence electrons. The zero-order valence-electron chi connectivity index (χ0n) is 8.45. The van der Waals surface area contributed by atoms with Gasteiger partial charge in [0.1, 0.15) is 6.29 Å². The fourth-order valence-corrected chi connectivity index (χ4v) is 2.64. The number of thioether (sulfide) groups is 1. The van der Waals surface area contributed by atoms with Gasteiger partial charge in [0.05, 0.1) is 0 Å². The molecule has 0 N–H and O–H groups in total. The standard InChI is InChI=1S/C11H18OS/c1-9(2)11(7-12)6-10-4-3-5-13-8-10/h6-7,9-10H,3-5,8H2,1-2H3/b11-6-. The molecule has 1 atom stereocenters. The second-order valence-electron chi connectivity index (χ2n) is 3.92. The van der Waals surface area contributed by atoms with Crippen LogP contribution in [-0.2, 0) is 4.79 Å². The first-order valence-corrected chi connectivity index (χ1v) is 6.14. The van der Waals surface area contributed by atoms with Gasteiger partial charge in [0.2, 0.25) is 0 Å². The van der Waals surface area contributed by atoms with Gasteiger partial charge in [-0.15, -0.1) is 0 Å². The van der Waals surface area contributed by atoms with Crippen molar-refractivity contribution in [3.05, 3.63) is 11.6 Å². The molecule has 0 aliphatic carbocycles. The summed E-state index contributed by atoms with van der Waals surface area (Å²) in [6.45, 7) is 4.16. The Kier molecular flexibility index (Phi) is 4.57. The number of aldehydes is 1. The van der Waals surface area contributed by atoms with E-state index in [9.17, 15) is 4.79 Å². The van der Waals surface area contributed by atoms with E-state index < -0.39 is 0 Å². The maximum Gasteiger partial charge on any atom is 0.145 e. The van der Waals surface area contributed by atoms with Crippen LogP contribution in [0.3, 0.4) is 0 Å². The van der Waals surface area contributed by atoms with Crippen LogP contribution in [0.1, 0.15) is 26.7 Å². The van der Waals surface area contributed by atoms with Crippen molar-refractivity contribution in [2.45, 2.75) is 26.7 Å². The molecule has 1 unspecified atom stereocenters. The summed E-state index contributed by atoms with van der Waals surface area (Å²) in [5.41, 5.74) is 0.979. The Hall–Kier alpha value is -0.240. The molecule has 0 aromatic heterocycles. The van der Waals surface area contributed by atoms with E-state index >= 15 is 0 Å². The first kappa shape index (κ1) is 10.8. The van der Waals surface area contributed by atoms with E-state index in [1.54, 1.807) is 0 Å². The third kappa shape index (κ3) is 3.55. The Morgan fingerprint density at radius 2 is 2.31 bits per heavy atom. The van der Waals surface area contributed by atoms with Crippen LogP contribution in [0, 0.1) is 11.8 Å². The van der Waals surface area contributed by atoms with Crippen LogP contribution in [0.25, 0.3) is 0 Å². The number of carbonyl (C=O) groups excluding carboxylic acids is 1. The fourth-order valence-electron chi connectivity index (χ4n) is 1.54. The van der Waals surface area contributed by atoms with Crippen LogP contribution < -0.4 is 0 Å². The van der Waals surface area contributed by atoms with Gasteiger partial charge in [-0.3, -0.25) is 4.79 Å². The molecule has 0 aromatic rings. The Balaban J connectivity index is 2.54. The maximum atomic E-state index is 10.7. The molecule has 0 spiro atoms. The van der Waals surface area contributed by atoms with E-state index in [0.29, 0.717) is 11.8 Å². The summed E-state index contributed by atoms with van der Waals surface area (Å²) in [6.07, 6.45) is 5.76. The van der Waals surface area contributed by atoms with Crippen molar-refractivity contribution in [2.24, 2.45) is 11.8 Å². The largest absolute Gasteiger partial charge is 0.298 e. The van der Waals surface area contributed by atoms with Crippen LogP contribution >= 0.6 is 11.8 Å². The predicted molar refractivity (Wildman–Crippen MR) is 59.0 cm³/mol. The molecule has 2 heteroatoms. The average molecular weight is 198 g/mol. The van der Waals surface area contributed by atoms with Crippen molar-refractivity contribution in [1.82, 2.24) is 0 Å². The van der Waals surface area contributed by atoms with Crippen molar-refractivity contribution in [1.29, 1.82) is 0 Å². The summed E-state index contributed by atoms with van der Waals surface area (Å²) in [5.74, 6) is 3.51. The third-order valence-electron chi connectivity index (χ3n) is 2.43. The summed E-state index contributed by atoms with van der Waals surface area (Å²) in [6, 6.07) is 0. The smallest absolute Gasteiger partial charge is 0.145 e. The van der Waals surface area contributed by atoms with Crippen molar-refractivity contribution >= 4 is 18.0 Å². The monoisotopic (exact) mass is 198 g/mol. The lowest BCUT2D eigenvalue weighted by Gasteiger charge is -2.19. The molecule has 1 rings (SSSR count). The van der Waals surface area contributed by atoms with Crippen LogP contribution in [0.2, 0.25) is 0 Å². The summed E-state index contributed by atoms with van der Waals surface area (Å²) in [7, 11) is 0. The first-order chi connectivity index (χ1) is 6.24. The molecule has 1 nitrogen and oxygen atoms in total. The molecule has 1 aliphatic heterocycles. The highest BCUT2D eigenvalue weighted by Gasteiger charge is 2.13. The molecule has 1 heterocycles. The Labute approximate surface area is 85.0 Å². The Bertz CT molecular complexity index is 190. The van der Waals surface area contributed by atoms with Gasteiger partial charge in [-0.25, -0.2) is 0 Å². The van der Waals surface area contributed by atoms with Crippen molar-refractivity contribution in [3.63, 3.8) is 0 Å². The molecule has 0 saturated carbocycles. The summed E-state index contributed by atoms with van der Waals surface area (Å²) in [5, 5.41) is 0. The predicted octanol–water partition coefficient (Wildman–Crippen LogP) is 2.91. The van der Waals surface area contributed by atoms with Crippen LogP contribution in [0.5, 0.6) is 0 Å².